The smallest absolute Gasteiger partial charge is 0.311 e. The zero-order valence-electron chi connectivity index (χ0n) is 56.7. The number of carbonyl (C=O) groups is 4. The molecule has 4 aliphatic rings. The molecule has 4 rings (SSSR count). The predicted octanol–water partition coefficient (Wildman–Crippen LogP) is 15.2. The van der Waals surface area contributed by atoms with Crippen molar-refractivity contribution >= 4 is 23.9 Å². The fourth-order valence-electron chi connectivity index (χ4n) is 7.94. The number of piperidine rings is 2. The maximum absolute atomic E-state index is 11.8. The zero-order chi connectivity index (χ0) is 61.1. The number of rotatable bonds is 6. The van der Waals surface area contributed by atoms with Crippen molar-refractivity contribution in [3.63, 3.8) is 0 Å². The Bertz CT molecular complexity index is 1560. The zero-order valence-corrected chi connectivity index (χ0v) is 56.7. The summed E-state index contributed by atoms with van der Waals surface area (Å²) >= 11 is 0. The summed E-state index contributed by atoms with van der Waals surface area (Å²) in [7, 11) is 0. The van der Waals surface area contributed by atoms with Gasteiger partial charge in [-0.3, -0.25) is 38.8 Å². The second-order valence-corrected chi connectivity index (χ2v) is 28.3. The largest absolute Gasteiger partial charge is 0.465 e. The number of hydrogen-bond donors (Lipinski definition) is 0. The quantitative estimate of drug-likeness (QED) is 0.186. The van der Waals surface area contributed by atoms with E-state index >= 15 is 0 Å². The minimum Gasteiger partial charge on any atom is -0.465 e. The molecule has 0 aromatic carbocycles. The fourth-order valence-corrected chi connectivity index (χ4v) is 7.94. The highest BCUT2D eigenvalue weighted by Gasteiger charge is 2.36. The van der Waals surface area contributed by atoms with Crippen LogP contribution in [0.4, 0.5) is 0 Å². The first-order valence-electron chi connectivity index (χ1n) is 30.2. The van der Waals surface area contributed by atoms with Crippen LogP contribution in [-0.2, 0) is 38.1 Å². The van der Waals surface area contributed by atoms with Gasteiger partial charge >= 0.3 is 23.9 Å². The van der Waals surface area contributed by atoms with Gasteiger partial charge in [0.1, 0.15) is 12.2 Å². The lowest BCUT2D eigenvalue weighted by atomic mass is 9.93. The van der Waals surface area contributed by atoms with Crippen molar-refractivity contribution in [1.29, 1.82) is 0 Å². The molecule has 0 saturated carbocycles. The molecule has 0 N–H and O–H groups in total. The van der Waals surface area contributed by atoms with Gasteiger partial charge < -0.3 is 18.9 Å². The van der Waals surface area contributed by atoms with Crippen LogP contribution in [-0.4, -0.2) is 143 Å². The van der Waals surface area contributed by atoms with Crippen molar-refractivity contribution in [3.05, 3.63) is 0 Å². The Hall–Kier alpha value is -2.28. The van der Waals surface area contributed by atoms with Crippen molar-refractivity contribution < 1.29 is 38.1 Å². The minimum absolute atomic E-state index is 0.0645. The van der Waals surface area contributed by atoms with E-state index < -0.39 is 16.2 Å². The Kier molecular flexibility index (Phi) is 38.1. The van der Waals surface area contributed by atoms with Gasteiger partial charge in [0.2, 0.25) is 0 Å². The molecule has 0 aromatic rings. The first-order valence-corrected chi connectivity index (χ1v) is 30.2. The molecule has 0 radical (unpaired) electrons. The Balaban J connectivity index is -0.000000435. The molecule has 76 heavy (non-hydrogen) atoms. The third-order valence-corrected chi connectivity index (χ3v) is 13.0. The Labute approximate surface area is 473 Å². The van der Waals surface area contributed by atoms with E-state index in [4.69, 9.17) is 18.9 Å². The normalized spacial score (nSPS) is 21.1. The predicted molar refractivity (Wildman–Crippen MR) is 325 cm³/mol. The van der Waals surface area contributed by atoms with Crippen LogP contribution < -0.4 is 0 Å². The van der Waals surface area contributed by atoms with Gasteiger partial charge in [-0.25, -0.2) is 0 Å². The van der Waals surface area contributed by atoms with Crippen LogP contribution in [0.25, 0.3) is 0 Å². The molecule has 0 spiro atoms. The average molecular weight is 1090 g/mol. The van der Waals surface area contributed by atoms with Crippen molar-refractivity contribution in [1.82, 2.24) is 19.6 Å². The maximum Gasteiger partial charge on any atom is 0.311 e. The summed E-state index contributed by atoms with van der Waals surface area (Å²) in [6.45, 7) is 74.8. The lowest BCUT2D eigenvalue weighted by molar-refractivity contribution is -0.162. The van der Waals surface area contributed by atoms with Crippen LogP contribution in [0.1, 0.15) is 260 Å². The summed E-state index contributed by atoms with van der Waals surface area (Å²) < 4.78 is 21.9. The molecule has 4 saturated heterocycles. The van der Waals surface area contributed by atoms with Crippen LogP contribution in [0.15, 0.2) is 0 Å². The van der Waals surface area contributed by atoms with Gasteiger partial charge in [-0.05, 0) is 224 Å². The highest BCUT2D eigenvalue weighted by Crippen LogP contribution is 2.29. The Morgan fingerprint density at radius 3 is 0.868 bits per heavy atom. The molecule has 12 nitrogen and oxygen atoms in total. The third-order valence-electron chi connectivity index (χ3n) is 13.0. The molecule has 4 atom stereocenters. The fraction of sp³-hybridized carbons (Fsp3) is 0.938. The molecule has 12 heteroatoms. The van der Waals surface area contributed by atoms with Crippen LogP contribution in [0, 0.1) is 33.5 Å². The van der Waals surface area contributed by atoms with Crippen molar-refractivity contribution in [2.45, 2.75) is 294 Å². The molecule has 0 aromatic heterocycles. The van der Waals surface area contributed by atoms with E-state index in [2.05, 4.69) is 103 Å². The number of carbonyl (C=O) groups excluding carboxylic acids is 4. The second-order valence-electron chi connectivity index (χ2n) is 28.3. The number of ether oxygens (including phenoxy) is 4. The van der Waals surface area contributed by atoms with E-state index in [1.807, 2.05) is 138 Å². The van der Waals surface area contributed by atoms with E-state index in [-0.39, 0.29) is 63.7 Å². The maximum atomic E-state index is 11.8. The van der Waals surface area contributed by atoms with E-state index in [1.165, 1.54) is 12.8 Å². The van der Waals surface area contributed by atoms with Gasteiger partial charge in [0, 0.05) is 66.7 Å². The monoisotopic (exact) mass is 1090 g/mol. The summed E-state index contributed by atoms with van der Waals surface area (Å²) in [6.07, 6.45) is 6.71. The molecule has 456 valence electrons. The van der Waals surface area contributed by atoms with E-state index in [1.54, 1.807) is 0 Å². The first kappa shape index (κ1) is 80.2. The van der Waals surface area contributed by atoms with Gasteiger partial charge in [-0.15, -0.1) is 0 Å². The summed E-state index contributed by atoms with van der Waals surface area (Å²) in [5.41, 5.74) is -0.801. The molecule has 4 unspecified atom stereocenters. The highest BCUT2D eigenvalue weighted by molar-refractivity contribution is 5.76. The van der Waals surface area contributed by atoms with E-state index in [0.717, 1.165) is 78.0 Å². The summed E-state index contributed by atoms with van der Waals surface area (Å²) in [6, 6.07) is 0. The van der Waals surface area contributed by atoms with E-state index in [0.29, 0.717) is 25.0 Å². The van der Waals surface area contributed by atoms with Crippen LogP contribution in [0.5, 0.6) is 0 Å². The molecule has 0 amide bonds. The van der Waals surface area contributed by atoms with Crippen LogP contribution >= 0.6 is 0 Å². The van der Waals surface area contributed by atoms with E-state index in [9.17, 15) is 19.2 Å². The molecular weight excluding hydrogens is 953 g/mol. The summed E-state index contributed by atoms with van der Waals surface area (Å²) in [5.74, 6) is 0.637. The molecule has 0 aliphatic carbocycles. The SMILES string of the molecule is CC.CC.CC.CC.CC(C)(C)C(=O)OC1CCCN(C(C)(C)C)C1.CC(C)(C)C(=O)OC1CCN(C(C)(C)C)C1.CC(C)(C)C(=O)OCC1CCCN(C(C)(C)C)C1.CC(C)(C)C(=O)OCC1CCN(C(C)(C)C)C1. The number of likely N-dealkylation sites (tertiary alicyclic amines) is 4. The summed E-state index contributed by atoms with van der Waals surface area (Å²) in [5, 5.41) is 0. The number of nitrogens with zero attached hydrogens (tertiary/aromatic N) is 4. The molecule has 0 bridgehead atoms. The minimum atomic E-state index is -0.399. The van der Waals surface area contributed by atoms with Gasteiger partial charge in [-0.1, -0.05) is 55.4 Å². The van der Waals surface area contributed by atoms with Gasteiger partial charge in [0.25, 0.3) is 0 Å². The van der Waals surface area contributed by atoms with Crippen molar-refractivity contribution in [3.8, 4) is 0 Å². The second kappa shape index (κ2) is 36.2. The topological polar surface area (TPSA) is 118 Å². The number of hydrogen-bond acceptors (Lipinski definition) is 12. The van der Waals surface area contributed by atoms with Crippen molar-refractivity contribution in [2.24, 2.45) is 33.5 Å². The van der Waals surface area contributed by atoms with Crippen molar-refractivity contribution in [2.75, 3.05) is 65.6 Å². The number of esters is 4. The molecule has 4 heterocycles. The standard InChI is InChI=1S/C15H29NO2.2C14H27NO2.C13H25NO2.4C2H6/c1-14(2,3)13(17)18-11-12-8-7-9-16(10-12)15(4,5)6;1-13(2,3)12(16)17-10-11-7-8-15(9-11)14(4,5)6;1-13(2,3)12(16)17-11-8-7-9-15(10-11)14(4,5)6;1-12(2,3)11(15)16-10-7-8-14(9-10)13(4,5)6;4*1-2/h12H,7-11H2,1-6H3;2*11H,7-10H2,1-6H3;10H,7-9H2,1-6H3;4*1-2H3. The Morgan fingerprint density at radius 1 is 0.329 bits per heavy atom. The molecule has 4 aliphatic heterocycles. The molecular formula is C64H132N4O8. The van der Waals surface area contributed by atoms with Crippen LogP contribution in [0.2, 0.25) is 0 Å². The lowest BCUT2D eigenvalue weighted by Crippen LogP contribution is -2.50. The van der Waals surface area contributed by atoms with Gasteiger partial charge in [0.05, 0.1) is 34.9 Å². The van der Waals surface area contributed by atoms with Gasteiger partial charge in [-0.2, -0.15) is 0 Å². The third kappa shape index (κ3) is 34.7. The van der Waals surface area contributed by atoms with Crippen LogP contribution in [0.3, 0.4) is 0 Å². The lowest BCUT2D eigenvalue weighted by Gasteiger charge is -2.41. The average Bonchev–Trinajstić information content (AvgIpc) is 4.00. The highest BCUT2D eigenvalue weighted by atomic mass is 16.6. The summed E-state index contributed by atoms with van der Waals surface area (Å²) in [4.78, 5) is 56.7. The van der Waals surface area contributed by atoms with Gasteiger partial charge in [0.15, 0.2) is 0 Å². The molecule has 4 fully saturated rings. The Morgan fingerprint density at radius 2 is 0.579 bits per heavy atom. The first-order chi connectivity index (χ1) is 34.4.